The van der Waals surface area contributed by atoms with Gasteiger partial charge in [-0.3, -0.25) is 28.9 Å². The molecule has 0 atom stereocenters. The standard InChI is InChI=1S/C32H57N5O16S/c1-46-9-10-47-11-12-48-13-14-49-15-16-50-17-18-51-19-20-52-21-22-53-23-24-54(44,45)36(7-8-37-30(40)3-4-31(37)41)6-2-5-33-25-28(38)34-26-29(39)35-27-32(42)43/h3-4,33H,2,5-27H2,1H3,(H,34,38)(H,35,39)(H,42,43). The lowest BCUT2D eigenvalue weighted by atomic mass is 10.4. The van der Waals surface area contributed by atoms with Gasteiger partial charge in [0.15, 0.2) is 0 Å². The number of methoxy groups -OCH3 is 1. The first-order valence-electron chi connectivity index (χ1n) is 17.6. The topological polar surface area (TPSA) is 256 Å². The van der Waals surface area contributed by atoms with Crippen LogP contribution in [-0.4, -0.2) is 210 Å². The van der Waals surface area contributed by atoms with E-state index in [0.717, 1.165) is 21.4 Å². The zero-order valence-electron chi connectivity index (χ0n) is 31.0. The van der Waals surface area contributed by atoms with Gasteiger partial charge in [-0.2, -0.15) is 0 Å². The third-order valence-electron chi connectivity index (χ3n) is 6.95. The van der Waals surface area contributed by atoms with Gasteiger partial charge in [-0.25, -0.2) is 12.7 Å². The van der Waals surface area contributed by atoms with Crippen LogP contribution in [0.3, 0.4) is 0 Å². The molecule has 22 heteroatoms. The van der Waals surface area contributed by atoms with Crippen LogP contribution in [0.5, 0.6) is 0 Å². The molecule has 0 aromatic heterocycles. The van der Waals surface area contributed by atoms with E-state index in [2.05, 4.69) is 16.0 Å². The predicted octanol–water partition coefficient (Wildman–Crippen LogP) is -3.40. The number of carboxylic acids is 1. The van der Waals surface area contributed by atoms with Crippen LogP contribution in [-0.2, 0) is 71.9 Å². The van der Waals surface area contributed by atoms with Gasteiger partial charge in [0.1, 0.15) is 6.54 Å². The SMILES string of the molecule is COCCOCCOCCOCCOCCOCCOCCOCCS(=O)(=O)N(CCCNCC(=O)NCC(=O)NCC(=O)O)CCN1C(=O)C=CC1=O. The van der Waals surface area contributed by atoms with Gasteiger partial charge in [0, 0.05) is 38.9 Å². The number of carbonyl (C=O) groups is 5. The number of carboxylic acid groups (broad SMARTS) is 1. The molecule has 0 fully saturated rings. The largest absolute Gasteiger partial charge is 0.480 e. The number of ether oxygens (including phenoxy) is 8. The van der Waals surface area contributed by atoms with Crippen molar-refractivity contribution in [2.45, 2.75) is 6.42 Å². The van der Waals surface area contributed by atoms with Crippen LogP contribution in [0.4, 0.5) is 0 Å². The molecular formula is C32H57N5O16S. The monoisotopic (exact) mass is 799 g/mol. The number of sulfonamides is 1. The van der Waals surface area contributed by atoms with Gasteiger partial charge in [-0.05, 0) is 13.0 Å². The summed E-state index contributed by atoms with van der Waals surface area (Å²) in [5, 5.41) is 15.8. The van der Waals surface area contributed by atoms with Gasteiger partial charge in [0.2, 0.25) is 21.8 Å². The number of amides is 4. The average Bonchev–Trinajstić information content (AvgIpc) is 3.46. The Morgan fingerprint density at radius 2 is 1.07 bits per heavy atom. The molecule has 1 heterocycles. The van der Waals surface area contributed by atoms with Gasteiger partial charge in [0.05, 0.1) is 118 Å². The molecule has 1 rings (SSSR count). The number of carbonyl (C=O) groups excluding carboxylic acids is 4. The van der Waals surface area contributed by atoms with E-state index in [-0.39, 0.29) is 64.7 Å². The summed E-state index contributed by atoms with van der Waals surface area (Å²) in [6, 6.07) is 0. The Bertz CT molecular complexity index is 1190. The first kappa shape index (κ1) is 48.9. The maximum absolute atomic E-state index is 13.1. The minimum Gasteiger partial charge on any atom is -0.480 e. The van der Waals surface area contributed by atoms with E-state index in [1.54, 1.807) is 7.11 Å². The highest BCUT2D eigenvalue weighted by atomic mass is 32.2. The van der Waals surface area contributed by atoms with E-state index in [1.165, 1.54) is 0 Å². The molecule has 312 valence electrons. The number of hydrogen-bond acceptors (Lipinski definition) is 16. The van der Waals surface area contributed by atoms with Crippen LogP contribution < -0.4 is 16.0 Å². The highest BCUT2D eigenvalue weighted by Crippen LogP contribution is 2.08. The molecule has 54 heavy (non-hydrogen) atoms. The van der Waals surface area contributed by atoms with E-state index < -0.39 is 52.7 Å². The van der Waals surface area contributed by atoms with Crippen molar-refractivity contribution < 1.29 is 75.4 Å². The van der Waals surface area contributed by atoms with Crippen molar-refractivity contribution >= 4 is 39.6 Å². The van der Waals surface area contributed by atoms with E-state index in [4.69, 9.17) is 43.0 Å². The Kier molecular flexibility index (Phi) is 29.1. The third kappa shape index (κ3) is 26.6. The number of rotatable bonds is 38. The van der Waals surface area contributed by atoms with Crippen LogP contribution in [0.25, 0.3) is 0 Å². The Labute approximate surface area is 316 Å². The van der Waals surface area contributed by atoms with Gasteiger partial charge in [-0.1, -0.05) is 0 Å². The van der Waals surface area contributed by atoms with Gasteiger partial charge < -0.3 is 59.0 Å². The van der Waals surface area contributed by atoms with E-state index in [1.807, 2.05) is 0 Å². The van der Waals surface area contributed by atoms with Gasteiger partial charge >= 0.3 is 5.97 Å². The second kappa shape index (κ2) is 32.1. The van der Waals surface area contributed by atoms with Gasteiger partial charge in [-0.15, -0.1) is 0 Å². The van der Waals surface area contributed by atoms with Gasteiger partial charge in [0.25, 0.3) is 11.8 Å². The molecule has 0 unspecified atom stereocenters. The maximum atomic E-state index is 13.1. The van der Waals surface area contributed by atoms with E-state index in [0.29, 0.717) is 79.3 Å². The second-order valence-corrected chi connectivity index (χ2v) is 13.2. The highest BCUT2D eigenvalue weighted by Gasteiger charge is 2.27. The Balaban J connectivity index is 2.17. The van der Waals surface area contributed by atoms with Crippen molar-refractivity contribution in [2.75, 3.05) is 158 Å². The molecule has 21 nitrogen and oxygen atoms in total. The molecule has 0 aromatic rings. The third-order valence-corrected chi connectivity index (χ3v) is 8.78. The van der Waals surface area contributed by atoms with Crippen LogP contribution >= 0.6 is 0 Å². The lowest BCUT2D eigenvalue weighted by Crippen LogP contribution is -2.44. The molecule has 0 saturated carbocycles. The number of imide groups is 1. The molecule has 0 saturated heterocycles. The van der Waals surface area contributed by atoms with E-state index in [9.17, 15) is 32.4 Å². The summed E-state index contributed by atoms with van der Waals surface area (Å²) in [7, 11) is -2.24. The molecule has 0 aliphatic carbocycles. The Morgan fingerprint density at radius 1 is 0.648 bits per heavy atom. The quantitative estimate of drug-likeness (QED) is 0.0351. The summed E-state index contributed by atoms with van der Waals surface area (Å²) in [6.07, 6.45) is 2.52. The first-order chi connectivity index (χ1) is 26.1. The second-order valence-electron chi connectivity index (χ2n) is 11.1. The molecule has 4 amide bonds. The normalized spacial score (nSPS) is 13.0. The summed E-state index contributed by atoms with van der Waals surface area (Å²) in [5.41, 5.74) is 0. The van der Waals surface area contributed by atoms with Crippen molar-refractivity contribution in [3.63, 3.8) is 0 Å². The lowest BCUT2D eigenvalue weighted by molar-refractivity contribution is -0.138. The maximum Gasteiger partial charge on any atom is 0.322 e. The fraction of sp³-hybridized carbons (Fsp3) is 0.781. The average molecular weight is 800 g/mol. The van der Waals surface area contributed by atoms with Crippen molar-refractivity contribution in [1.82, 2.24) is 25.2 Å². The van der Waals surface area contributed by atoms with Crippen LogP contribution in [0, 0.1) is 0 Å². The molecule has 0 aromatic carbocycles. The Morgan fingerprint density at radius 3 is 1.54 bits per heavy atom. The van der Waals surface area contributed by atoms with Crippen molar-refractivity contribution in [2.24, 2.45) is 0 Å². The molecular weight excluding hydrogens is 742 g/mol. The number of hydrogen-bond donors (Lipinski definition) is 4. The summed E-state index contributed by atoms with van der Waals surface area (Å²) in [6.45, 7) is 4.51. The van der Waals surface area contributed by atoms with Crippen molar-refractivity contribution in [1.29, 1.82) is 0 Å². The number of nitrogens with zero attached hydrogens (tertiary/aromatic N) is 2. The zero-order valence-corrected chi connectivity index (χ0v) is 31.8. The molecule has 0 spiro atoms. The van der Waals surface area contributed by atoms with Crippen LogP contribution in [0.15, 0.2) is 12.2 Å². The molecule has 1 aliphatic heterocycles. The Hall–Kier alpha value is -3.16. The minimum absolute atomic E-state index is 0.0304. The van der Waals surface area contributed by atoms with Crippen molar-refractivity contribution in [3.05, 3.63) is 12.2 Å². The fourth-order valence-electron chi connectivity index (χ4n) is 4.17. The molecule has 4 N–H and O–H groups in total. The lowest BCUT2D eigenvalue weighted by Gasteiger charge is -2.24. The summed E-state index contributed by atoms with van der Waals surface area (Å²) >= 11 is 0. The van der Waals surface area contributed by atoms with E-state index >= 15 is 0 Å². The summed E-state index contributed by atoms with van der Waals surface area (Å²) < 4.78 is 70.2. The first-order valence-corrected chi connectivity index (χ1v) is 19.2. The molecule has 0 radical (unpaired) electrons. The summed E-state index contributed by atoms with van der Waals surface area (Å²) in [5.74, 6) is -3.80. The molecule has 1 aliphatic rings. The minimum atomic E-state index is -3.86. The van der Waals surface area contributed by atoms with Crippen LogP contribution in [0.1, 0.15) is 6.42 Å². The number of nitrogens with one attached hydrogen (secondary N) is 3. The van der Waals surface area contributed by atoms with Crippen LogP contribution in [0.2, 0.25) is 0 Å². The smallest absolute Gasteiger partial charge is 0.322 e. The summed E-state index contributed by atoms with van der Waals surface area (Å²) in [4.78, 5) is 58.8. The predicted molar refractivity (Wildman–Crippen MR) is 190 cm³/mol. The fourth-order valence-corrected chi connectivity index (χ4v) is 5.52. The molecule has 0 bridgehead atoms. The highest BCUT2D eigenvalue weighted by molar-refractivity contribution is 7.89. The number of aliphatic carboxylic acids is 1. The van der Waals surface area contributed by atoms with Crippen molar-refractivity contribution in [3.8, 4) is 0 Å². The zero-order chi connectivity index (χ0) is 39.7.